The van der Waals surface area contributed by atoms with Crippen molar-refractivity contribution in [3.8, 4) is 0 Å². The zero-order valence-corrected chi connectivity index (χ0v) is 15.2. The molecule has 130 valence electrons. The molecule has 2 aromatic rings. The lowest BCUT2D eigenvalue weighted by Gasteiger charge is -2.27. The number of benzene rings is 2. The van der Waals surface area contributed by atoms with E-state index in [4.69, 9.17) is 0 Å². The van der Waals surface area contributed by atoms with Crippen molar-refractivity contribution in [1.29, 1.82) is 0 Å². The molecular formula is C20H22N2O2S. The Morgan fingerprint density at radius 3 is 2.84 bits per heavy atom. The Morgan fingerprint density at radius 2 is 2.04 bits per heavy atom. The van der Waals surface area contributed by atoms with Gasteiger partial charge in [0.25, 0.3) is 0 Å². The van der Waals surface area contributed by atoms with Crippen molar-refractivity contribution in [3.05, 3.63) is 59.7 Å². The van der Waals surface area contributed by atoms with Gasteiger partial charge in [-0.1, -0.05) is 48.9 Å². The highest BCUT2D eigenvalue weighted by Crippen LogP contribution is 2.38. The van der Waals surface area contributed by atoms with E-state index in [0.717, 1.165) is 17.0 Å². The highest BCUT2D eigenvalue weighted by atomic mass is 32.2. The Balaban J connectivity index is 1.56. The number of hydrogen-bond donors (Lipinski definition) is 2. The van der Waals surface area contributed by atoms with Crippen molar-refractivity contribution >= 4 is 29.3 Å². The minimum absolute atomic E-state index is 0.0836. The van der Waals surface area contributed by atoms with Crippen molar-refractivity contribution in [3.63, 3.8) is 0 Å². The normalized spacial score (nSPS) is 17.4. The summed E-state index contributed by atoms with van der Waals surface area (Å²) in [5, 5.41) is 5.45. The van der Waals surface area contributed by atoms with Gasteiger partial charge < -0.3 is 10.6 Å². The van der Waals surface area contributed by atoms with E-state index in [1.165, 1.54) is 22.9 Å². The van der Waals surface area contributed by atoms with E-state index in [1.54, 1.807) is 0 Å². The minimum atomic E-state index is -0.408. The van der Waals surface area contributed by atoms with Crippen LogP contribution in [0.3, 0.4) is 0 Å². The number of rotatable bonds is 5. The summed E-state index contributed by atoms with van der Waals surface area (Å²) in [6.45, 7) is 4.44. The maximum Gasteiger partial charge on any atom is 0.238 e. The summed E-state index contributed by atoms with van der Waals surface area (Å²) >= 11 is 1.46. The van der Waals surface area contributed by atoms with Crippen molar-refractivity contribution in [2.75, 3.05) is 11.9 Å². The number of amides is 2. The summed E-state index contributed by atoms with van der Waals surface area (Å²) < 4.78 is 0. The summed E-state index contributed by atoms with van der Waals surface area (Å²) in [4.78, 5) is 25.8. The molecule has 4 nitrogen and oxygen atoms in total. The maximum absolute atomic E-state index is 12.5. The fraction of sp³-hybridized carbons (Fsp3) is 0.300. The van der Waals surface area contributed by atoms with Gasteiger partial charge in [-0.3, -0.25) is 9.59 Å². The van der Waals surface area contributed by atoms with Gasteiger partial charge in [-0.2, -0.15) is 0 Å². The lowest BCUT2D eigenvalue weighted by atomic mass is 10.0. The van der Waals surface area contributed by atoms with E-state index in [9.17, 15) is 9.59 Å². The number of para-hydroxylation sites is 1. The van der Waals surface area contributed by atoms with Crippen LogP contribution in [-0.4, -0.2) is 23.6 Å². The molecule has 1 heterocycles. The predicted octanol–water partition coefficient (Wildman–Crippen LogP) is 3.40. The molecule has 0 fully saturated rings. The first-order valence-electron chi connectivity index (χ1n) is 8.44. The number of carbonyl (C=O) groups excluding carboxylic acids is 2. The Kier molecular flexibility index (Phi) is 5.43. The van der Waals surface area contributed by atoms with Gasteiger partial charge in [0.1, 0.15) is 0 Å². The number of anilines is 1. The summed E-state index contributed by atoms with van der Waals surface area (Å²) in [7, 11) is 0. The second-order valence-corrected chi connectivity index (χ2v) is 7.53. The molecule has 3 rings (SSSR count). The monoisotopic (exact) mass is 354 g/mol. The van der Waals surface area contributed by atoms with Crippen LogP contribution >= 0.6 is 11.8 Å². The van der Waals surface area contributed by atoms with Crippen molar-refractivity contribution in [2.45, 2.75) is 30.4 Å². The first kappa shape index (κ1) is 17.5. The number of fused-ring (bicyclic) bond motifs is 1. The lowest BCUT2D eigenvalue weighted by molar-refractivity contribution is -0.127. The third-order valence-electron chi connectivity index (χ3n) is 4.32. The van der Waals surface area contributed by atoms with Crippen LogP contribution in [-0.2, 0) is 16.0 Å². The van der Waals surface area contributed by atoms with Crippen LogP contribution in [0, 0.1) is 12.8 Å². The number of carbonyl (C=O) groups is 2. The molecule has 0 saturated carbocycles. The van der Waals surface area contributed by atoms with Crippen LogP contribution in [0.4, 0.5) is 5.69 Å². The summed E-state index contributed by atoms with van der Waals surface area (Å²) in [5.74, 6) is -0.583. The van der Waals surface area contributed by atoms with Crippen molar-refractivity contribution in [2.24, 2.45) is 5.92 Å². The van der Waals surface area contributed by atoms with E-state index in [-0.39, 0.29) is 11.8 Å². The third-order valence-corrected chi connectivity index (χ3v) is 5.81. The van der Waals surface area contributed by atoms with Gasteiger partial charge in [0.2, 0.25) is 11.8 Å². The predicted molar refractivity (Wildman–Crippen MR) is 102 cm³/mol. The van der Waals surface area contributed by atoms with Crippen LogP contribution in [0.5, 0.6) is 0 Å². The molecule has 0 bridgehead atoms. The molecule has 2 amide bonds. The van der Waals surface area contributed by atoms with Crippen LogP contribution in [0.2, 0.25) is 0 Å². The Labute approximate surface area is 152 Å². The molecule has 0 aromatic heterocycles. The highest BCUT2D eigenvalue weighted by Gasteiger charge is 2.34. The van der Waals surface area contributed by atoms with E-state index in [1.807, 2.05) is 37.3 Å². The third kappa shape index (κ3) is 4.23. The molecule has 0 spiro atoms. The SMILES string of the molecule is Cc1cccc(CCNC(=O)[C@H](C)[C@@H]2Sc3ccccc3NC2=O)c1. The Bertz CT molecular complexity index is 791. The van der Waals surface area contributed by atoms with E-state index in [2.05, 4.69) is 35.8 Å². The topological polar surface area (TPSA) is 58.2 Å². The maximum atomic E-state index is 12.5. The molecule has 0 radical (unpaired) electrons. The number of hydrogen-bond acceptors (Lipinski definition) is 3. The molecule has 1 aliphatic heterocycles. The summed E-state index contributed by atoms with van der Waals surface area (Å²) in [6.07, 6.45) is 0.785. The van der Waals surface area contributed by atoms with E-state index < -0.39 is 11.2 Å². The molecule has 2 aromatic carbocycles. The van der Waals surface area contributed by atoms with E-state index >= 15 is 0 Å². The molecule has 0 unspecified atom stereocenters. The van der Waals surface area contributed by atoms with Crippen LogP contribution in [0.15, 0.2) is 53.4 Å². The second kappa shape index (κ2) is 7.74. The minimum Gasteiger partial charge on any atom is -0.355 e. The van der Waals surface area contributed by atoms with E-state index in [0.29, 0.717) is 6.54 Å². The summed E-state index contributed by atoms with van der Waals surface area (Å²) in [5.41, 5.74) is 3.23. The molecular weight excluding hydrogens is 332 g/mol. The second-order valence-electron chi connectivity index (χ2n) is 6.34. The molecule has 0 aliphatic carbocycles. The molecule has 0 saturated heterocycles. The fourth-order valence-corrected chi connectivity index (χ4v) is 4.06. The van der Waals surface area contributed by atoms with Gasteiger partial charge in [-0.25, -0.2) is 0 Å². The summed E-state index contributed by atoms with van der Waals surface area (Å²) in [6, 6.07) is 15.9. The zero-order chi connectivity index (χ0) is 17.8. The highest BCUT2D eigenvalue weighted by molar-refractivity contribution is 8.01. The van der Waals surface area contributed by atoms with Crippen LogP contribution < -0.4 is 10.6 Å². The van der Waals surface area contributed by atoms with Crippen molar-refractivity contribution < 1.29 is 9.59 Å². The Morgan fingerprint density at radius 1 is 1.24 bits per heavy atom. The van der Waals surface area contributed by atoms with Crippen LogP contribution in [0.25, 0.3) is 0 Å². The largest absolute Gasteiger partial charge is 0.355 e. The molecule has 2 atom stereocenters. The molecule has 1 aliphatic rings. The quantitative estimate of drug-likeness (QED) is 0.865. The van der Waals surface area contributed by atoms with Gasteiger partial charge in [0.15, 0.2) is 0 Å². The smallest absolute Gasteiger partial charge is 0.238 e. The molecule has 2 N–H and O–H groups in total. The average Bonchev–Trinajstić information content (AvgIpc) is 2.60. The van der Waals surface area contributed by atoms with Gasteiger partial charge in [0, 0.05) is 11.4 Å². The zero-order valence-electron chi connectivity index (χ0n) is 14.4. The number of aryl methyl sites for hydroxylation is 1. The van der Waals surface area contributed by atoms with Gasteiger partial charge in [-0.05, 0) is 31.0 Å². The first-order chi connectivity index (χ1) is 12.0. The van der Waals surface area contributed by atoms with Gasteiger partial charge in [0.05, 0.1) is 16.9 Å². The van der Waals surface area contributed by atoms with Crippen molar-refractivity contribution in [1.82, 2.24) is 5.32 Å². The average molecular weight is 354 g/mol. The first-order valence-corrected chi connectivity index (χ1v) is 9.32. The van der Waals surface area contributed by atoms with Gasteiger partial charge in [-0.15, -0.1) is 11.8 Å². The fourth-order valence-electron chi connectivity index (χ4n) is 2.89. The lowest BCUT2D eigenvalue weighted by Crippen LogP contribution is -2.42. The number of nitrogens with one attached hydrogen (secondary N) is 2. The standard InChI is InChI=1S/C20H22N2O2S/c1-13-6-5-7-15(12-13)10-11-21-19(23)14(2)18-20(24)22-16-8-3-4-9-17(16)25-18/h3-9,12,14,18H,10-11H2,1-2H3,(H,21,23)(H,22,24)/t14-,18+/m1/s1. The van der Waals surface area contributed by atoms with Crippen LogP contribution in [0.1, 0.15) is 18.1 Å². The number of thioether (sulfide) groups is 1. The Hall–Kier alpha value is -2.27. The van der Waals surface area contributed by atoms with Gasteiger partial charge >= 0.3 is 0 Å². The molecule has 5 heteroatoms. The molecule has 25 heavy (non-hydrogen) atoms.